The van der Waals surface area contributed by atoms with Crippen molar-refractivity contribution in [3.05, 3.63) is 58.9 Å². The zero-order chi connectivity index (χ0) is 17.9. The lowest BCUT2D eigenvalue weighted by atomic mass is 9.89. The summed E-state index contributed by atoms with van der Waals surface area (Å²) >= 11 is 0. The highest BCUT2D eigenvalue weighted by Crippen LogP contribution is 2.16. The fourth-order valence-electron chi connectivity index (χ4n) is 2.29. The van der Waals surface area contributed by atoms with Gasteiger partial charge < -0.3 is 10.8 Å². The third kappa shape index (κ3) is 5.15. The Kier molecular flexibility index (Phi) is 5.38. The van der Waals surface area contributed by atoms with Gasteiger partial charge in [-0.25, -0.2) is 13.8 Å². The summed E-state index contributed by atoms with van der Waals surface area (Å²) in [5, 5.41) is 9.66. The molecule has 0 saturated heterocycles. The fraction of sp³-hybridized carbons (Fsp3) is 0.278. The minimum atomic E-state index is -1.12. The summed E-state index contributed by atoms with van der Waals surface area (Å²) in [7, 11) is 1.86. The van der Waals surface area contributed by atoms with E-state index >= 15 is 0 Å². The molecule has 1 unspecified atom stereocenters. The number of hydrogen-bond acceptors (Lipinski definition) is 3. The van der Waals surface area contributed by atoms with Crippen molar-refractivity contribution < 1.29 is 13.9 Å². The number of nitrogens with zero attached hydrogens (tertiary/aromatic N) is 1. The van der Waals surface area contributed by atoms with Crippen LogP contribution in [0.2, 0.25) is 0 Å². The molecule has 1 atom stereocenters. The molecule has 0 saturated carbocycles. The molecule has 0 amide bonds. The molecular formula is C18H19BF2N2O. The molecule has 2 rings (SSSR count). The van der Waals surface area contributed by atoms with Crippen LogP contribution in [0.5, 0.6) is 0 Å². The molecule has 1 aromatic heterocycles. The van der Waals surface area contributed by atoms with E-state index in [1.54, 1.807) is 19.9 Å². The summed E-state index contributed by atoms with van der Waals surface area (Å²) < 4.78 is 26.6. The summed E-state index contributed by atoms with van der Waals surface area (Å²) in [4.78, 5) is 4.42. The Labute approximate surface area is 141 Å². The van der Waals surface area contributed by atoms with Gasteiger partial charge in [-0.15, -0.1) is 0 Å². The maximum absolute atomic E-state index is 13.3. The number of rotatable bonds is 3. The lowest BCUT2D eigenvalue weighted by molar-refractivity contribution is 0.143. The molecule has 1 heterocycles. The molecular weight excluding hydrogens is 309 g/mol. The van der Waals surface area contributed by atoms with Crippen LogP contribution in [0.25, 0.3) is 0 Å². The Bertz CT molecular complexity index is 787. The molecule has 0 radical (unpaired) electrons. The molecule has 2 aromatic rings. The molecule has 1 aromatic carbocycles. The van der Waals surface area contributed by atoms with E-state index in [9.17, 15) is 13.9 Å². The smallest absolute Gasteiger partial charge is 0.141 e. The maximum Gasteiger partial charge on any atom is 0.141 e. The first-order chi connectivity index (χ1) is 11.1. The number of pyridine rings is 1. The van der Waals surface area contributed by atoms with E-state index in [1.165, 1.54) is 12.1 Å². The highest BCUT2D eigenvalue weighted by molar-refractivity contribution is 6.33. The zero-order valence-corrected chi connectivity index (χ0v) is 13.9. The first kappa shape index (κ1) is 18.1. The van der Waals surface area contributed by atoms with Crippen molar-refractivity contribution in [1.29, 1.82) is 0 Å². The van der Waals surface area contributed by atoms with E-state index in [2.05, 4.69) is 16.8 Å². The van der Waals surface area contributed by atoms with Gasteiger partial charge in [0.2, 0.25) is 0 Å². The number of halogens is 2. The number of nitrogens with two attached hydrogens (primary N) is 1. The molecule has 24 heavy (non-hydrogen) atoms. The maximum atomic E-state index is 13.3. The van der Waals surface area contributed by atoms with Crippen molar-refractivity contribution in [2.45, 2.75) is 31.9 Å². The minimum absolute atomic E-state index is 0.255. The lowest BCUT2D eigenvalue weighted by Gasteiger charge is -2.15. The second kappa shape index (κ2) is 7.12. The Morgan fingerprint density at radius 2 is 1.88 bits per heavy atom. The van der Waals surface area contributed by atoms with Crippen molar-refractivity contribution in [2.75, 3.05) is 0 Å². The van der Waals surface area contributed by atoms with Gasteiger partial charge in [0.15, 0.2) is 0 Å². The third-order valence-electron chi connectivity index (χ3n) is 3.36. The average molecular weight is 328 g/mol. The van der Waals surface area contributed by atoms with Crippen LogP contribution in [0.4, 0.5) is 8.78 Å². The molecule has 0 aliphatic heterocycles. The van der Waals surface area contributed by atoms with Gasteiger partial charge in [-0.1, -0.05) is 17.4 Å². The molecule has 6 heteroatoms. The van der Waals surface area contributed by atoms with Crippen LogP contribution in [-0.2, 0) is 6.42 Å². The Hall–Kier alpha value is -2.23. The van der Waals surface area contributed by atoms with Crippen molar-refractivity contribution in [2.24, 2.45) is 5.73 Å². The van der Waals surface area contributed by atoms with Crippen molar-refractivity contribution in [1.82, 2.24) is 4.98 Å². The number of aromatic nitrogens is 1. The van der Waals surface area contributed by atoms with Gasteiger partial charge >= 0.3 is 0 Å². The van der Waals surface area contributed by atoms with Crippen LogP contribution in [0.3, 0.4) is 0 Å². The first-order valence-corrected chi connectivity index (χ1v) is 7.58. The van der Waals surface area contributed by atoms with Crippen LogP contribution >= 0.6 is 0 Å². The summed E-state index contributed by atoms with van der Waals surface area (Å²) in [6.07, 6.45) is 0.255. The highest BCUT2D eigenvalue weighted by atomic mass is 19.1. The molecule has 0 bridgehead atoms. The van der Waals surface area contributed by atoms with Gasteiger partial charge in [-0.3, -0.25) is 0 Å². The van der Waals surface area contributed by atoms with Crippen molar-refractivity contribution in [3.8, 4) is 11.8 Å². The van der Waals surface area contributed by atoms with Crippen LogP contribution in [0.1, 0.15) is 36.8 Å². The molecule has 0 spiro atoms. The quantitative estimate of drug-likeness (QED) is 0.652. The van der Waals surface area contributed by atoms with Gasteiger partial charge in [-0.2, -0.15) is 0 Å². The van der Waals surface area contributed by atoms with Gasteiger partial charge in [-0.05, 0) is 50.0 Å². The minimum Gasteiger partial charge on any atom is -0.378 e. The number of aliphatic hydroxyl groups is 1. The molecule has 0 aliphatic carbocycles. The summed E-state index contributed by atoms with van der Waals surface area (Å²) in [6, 6.07) is 6.40. The normalized spacial score (nSPS) is 12.4. The van der Waals surface area contributed by atoms with E-state index in [0.29, 0.717) is 17.0 Å². The zero-order valence-electron chi connectivity index (χ0n) is 13.9. The lowest BCUT2D eigenvalue weighted by Crippen LogP contribution is -2.24. The summed E-state index contributed by atoms with van der Waals surface area (Å²) in [6.45, 7) is 3.17. The van der Waals surface area contributed by atoms with Gasteiger partial charge in [0, 0.05) is 6.07 Å². The molecule has 3 nitrogen and oxygen atoms in total. The number of benzene rings is 1. The van der Waals surface area contributed by atoms with E-state index in [4.69, 9.17) is 5.73 Å². The standard InChI is InChI=1S/C18H19BF2N2O/c1-18(2,24)6-5-14-3-4-15(19)17(23-14)16(22)9-11-7-12(20)10-13(21)8-11/h3-4,7-8,10,16,24H,9,19,22H2,1-2H3. The SMILES string of the molecule is Bc1ccc(C#CC(C)(C)O)nc1C(N)Cc1cc(F)cc(F)c1. The Morgan fingerprint density at radius 3 is 2.46 bits per heavy atom. The van der Waals surface area contributed by atoms with E-state index in [0.717, 1.165) is 11.5 Å². The van der Waals surface area contributed by atoms with Crippen LogP contribution in [-0.4, -0.2) is 23.5 Å². The van der Waals surface area contributed by atoms with E-state index in [-0.39, 0.29) is 6.42 Å². The molecule has 0 fully saturated rings. The van der Waals surface area contributed by atoms with Crippen LogP contribution in [0.15, 0.2) is 30.3 Å². The van der Waals surface area contributed by atoms with E-state index in [1.807, 2.05) is 13.9 Å². The van der Waals surface area contributed by atoms with Gasteiger partial charge in [0.05, 0.1) is 11.7 Å². The molecule has 124 valence electrons. The monoisotopic (exact) mass is 328 g/mol. The molecule has 3 N–H and O–H groups in total. The topological polar surface area (TPSA) is 59.1 Å². The fourth-order valence-corrected chi connectivity index (χ4v) is 2.29. The summed E-state index contributed by atoms with van der Waals surface area (Å²) in [5.41, 5.74) is 7.49. The second-order valence-electron chi connectivity index (χ2n) is 6.30. The highest BCUT2D eigenvalue weighted by Gasteiger charge is 2.14. The Morgan fingerprint density at radius 1 is 1.25 bits per heavy atom. The number of hydrogen-bond donors (Lipinski definition) is 2. The second-order valence-corrected chi connectivity index (χ2v) is 6.30. The molecule has 0 aliphatic rings. The van der Waals surface area contributed by atoms with Gasteiger partial charge in [0.1, 0.15) is 30.8 Å². The van der Waals surface area contributed by atoms with Crippen molar-refractivity contribution in [3.63, 3.8) is 0 Å². The third-order valence-corrected chi connectivity index (χ3v) is 3.36. The van der Waals surface area contributed by atoms with Gasteiger partial charge in [0.25, 0.3) is 0 Å². The Balaban J connectivity index is 2.27. The predicted molar refractivity (Wildman–Crippen MR) is 92.6 cm³/mol. The largest absolute Gasteiger partial charge is 0.378 e. The van der Waals surface area contributed by atoms with Crippen LogP contribution in [0, 0.1) is 23.5 Å². The average Bonchev–Trinajstić information content (AvgIpc) is 2.44. The predicted octanol–water partition coefficient (Wildman–Crippen LogP) is 0.983. The summed E-state index contributed by atoms with van der Waals surface area (Å²) in [5.74, 6) is 4.23. The van der Waals surface area contributed by atoms with Crippen LogP contribution < -0.4 is 11.2 Å². The van der Waals surface area contributed by atoms with Crippen molar-refractivity contribution >= 4 is 13.3 Å². The first-order valence-electron chi connectivity index (χ1n) is 7.58. The van der Waals surface area contributed by atoms with E-state index < -0.39 is 23.3 Å².